The Hall–Kier alpha value is -3.78. The molecule has 168 valence electrons. The molecule has 0 radical (unpaired) electrons. The summed E-state index contributed by atoms with van der Waals surface area (Å²) in [7, 11) is 0. The van der Waals surface area contributed by atoms with Gasteiger partial charge in [0, 0.05) is 23.2 Å². The fourth-order valence-corrected chi connectivity index (χ4v) is 6.03. The number of hydrogen-bond acceptors (Lipinski definition) is 2. The van der Waals surface area contributed by atoms with Crippen molar-refractivity contribution in [3.8, 4) is 11.1 Å². The molecule has 0 saturated heterocycles. The zero-order valence-corrected chi connectivity index (χ0v) is 20.1. The average Bonchev–Trinajstić information content (AvgIpc) is 3.20. The standard InChI is InChI=1S/C32H30N2/c1-5-25-23(4)32-33(28-16-10-7-13-22(28)3)30-19-18-24(26-14-8-6-12-21(26)2)20-31(30)34(32)29-17-11-9-15-27(25)29/h5-20,23,25,32H,1H2,2-4H3. The number of rotatable bonds is 3. The Morgan fingerprint density at radius 3 is 2.06 bits per heavy atom. The van der Waals surface area contributed by atoms with Gasteiger partial charge in [-0.1, -0.05) is 79.7 Å². The molecule has 0 aromatic heterocycles. The van der Waals surface area contributed by atoms with Gasteiger partial charge in [0.2, 0.25) is 0 Å². The summed E-state index contributed by atoms with van der Waals surface area (Å²) in [4.78, 5) is 5.13. The summed E-state index contributed by atoms with van der Waals surface area (Å²) in [5.74, 6) is 0.662. The highest BCUT2D eigenvalue weighted by molar-refractivity contribution is 5.93. The van der Waals surface area contributed by atoms with Crippen LogP contribution in [0, 0.1) is 19.8 Å². The Bertz CT molecular complexity index is 1400. The fraction of sp³-hybridized carbons (Fsp3) is 0.188. The molecule has 0 bridgehead atoms. The van der Waals surface area contributed by atoms with E-state index in [1.807, 2.05) is 0 Å². The quantitative estimate of drug-likeness (QED) is 0.293. The molecule has 34 heavy (non-hydrogen) atoms. The Labute approximate surface area is 202 Å². The van der Waals surface area contributed by atoms with Crippen molar-refractivity contribution in [2.75, 3.05) is 9.80 Å². The van der Waals surface area contributed by atoms with E-state index in [1.165, 1.54) is 50.6 Å². The lowest BCUT2D eigenvalue weighted by Crippen LogP contribution is -2.48. The third kappa shape index (κ3) is 2.95. The van der Waals surface area contributed by atoms with Crippen LogP contribution in [0.1, 0.15) is 29.5 Å². The van der Waals surface area contributed by atoms with E-state index in [0.717, 1.165) is 0 Å². The van der Waals surface area contributed by atoms with E-state index in [0.29, 0.717) is 11.8 Å². The lowest BCUT2D eigenvalue weighted by atomic mass is 9.80. The third-order valence-corrected chi connectivity index (χ3v) is 7.70. The maximum atomic E-state index is 4.24. The largest absolute Gasteiger partial charge is 0.318 e. The van der Waals surface area contributed by atoms with Gasteiger partial charge in [-0.15, -0.1) is 6.58 Å². The van der Waals surface area contributed by atoms with Gasteiger partial charge < -0.3 is 9.80 Å². The van der Waals surface area contributed by atoms with Gasteiger partial charge in [0.25, 0.3) is 0 Å². The molecule has 0 N–H and O–H groups in total. The molecule has 2 aliphatic heterocycles. The van der Waals surface area contributed by atoms with Crippen LogP contribution >= 0.6 is 0 Å². The minimum atomic E-state index is 0.182. The van der Waals surface area contributed by atoms with Gasteiger partial charge in [0.05, 0.1) is 11.4 Å². The van der Waals surface area contributed by atoms with Crippen LogP contribution in [0.15, 0.2) is 104 Å². The highest BCUT2D eigenvalue weighted by Gasteiger charge is 2.47. The Morgan fingerprint density at radius 2 is 1.32 bits per heavy atom. The number of benzene rings is 4. The third-order valence-electron chi connectivity index (χ3n) is 7.70. The van der Waals surface area contributed by atoms with Gasteiger partial charge in [-0.25, -0.2) is 0 Å². The molecule has 3 atom stereocenters. The van der Waals surface area contributed by atoms with Crippen LogP contribution in [-0.4, -0.2) is 6.17 Å². The first-order chi connectivity index (χ1) is 16.6. The topological polar surface area (TPSA) is 6.48 Å². The predicted molar refractivity (Wildman–Crippen MR) is 144 cm³/mol. The van der Waals surface area contributed by atoms with Crippen LogP contribution in [0.2, 0.25) is 0 Å². The van der Waals surface area contributed by atoms with Gasteiger partial charge in [0.1, 0.15) is 6.17 Å². The van der Waals surface area contributed by atoms with Gasteiger partial charge in [-0.05, 0) is 65.9 Å². The second kappa shape index (κ2) is 7.92. The molecule has 2 heteroatoms. The molecule has 0 fully saturated rings. The smallest absolute Gasteiger partial charge is 0.115 e. The number of hydrogen-bond donors (Lipinski definition) is 0. The van der Waals surface area contributed by atoms with Gasteiger partial charge >= 0.3 is 0 Å². The van der Waals surface area contributed by atoms with Crippen LogP contribution < -0.4 is 9.80 Å². The zero-order chi connectivity index (χ0) is 23.4. The SMILES string of the molecule is C=CC1c2ccccc2N2c3cc(-c4ccccc4C)ccc3N(c3ccccc3C)C2C1C. The molecule has 3 unspecified atom stereocenters. The highest BCUT2D eigenvalue weighted by Crippen LogP contribution is 2.57. The molecule has 2 aliphatic rings. The maximum absolute atomic E-state index is 4.24. The molecular formula is C32H30N2. The van der Waals surface area contributed by atoms with Crippen molar-refractivity contribution in [2.24, 2.45) is 5.92 Å². The monoisotopic (exact) mass is 442 g/mol. The van der Waals surface area contributed by atoms with E-state index in [2.05, 4.69) is 134 Å². The minimum Gasteiger partial charge on any atom is -0.318 e. The summed E-state index contributed by atoms with van der Waals surface area (Å²) in [6.45, 7) is 11.0. The van der Waals surface area contributed by atoms with Gasteiger partial charge in [-0.3, -0.25) is 0 Å². The van der Waals surface area contributed by atoms with Crippen molar-refractivity contribution in [3.05, 3.63) is 120 Å². The van der Waals surface area contributed by atoms with E-state index >= 15 is 0 Å². The van der Waals surface area contributed by atoms with Crippen molar-refractivity contribution in [1.82, 2.24) is 0 Å². The first-order valence-electron chi connectivity index (χ1n) is 12.2. The van der Waals surface area contributed by atoms with Crippen LogP contribution in [0.3, 0.4) is 0 Å². The molecule has 2 nitrogen and oxygen atoms in total. The summed E-state index contributed by atoms with van der Waals surface area (Å²) < 4.78 is 0. The fourth-order valence-electron chi connectivity index (χ4n) is 6.03. The molecule has 0 amide bonds. The Morgan fingerprint density at radius 1 is 0.676 bits per heavy atom. The number of anilines is 4. The number of para-hydroxylation sites is 2. The van der Waals surface area contributed by atoms with Crippen molar-refractivity contribution in [2.45, 2.75) is 32.9 Å². The van der Waals surface area contributed by atoms with E-state index in [4.69, 9.17) is 0 Å². The van der Waals surface area contributed by atoms with E-state index < -0.39 is 0 Å². The summed E-state index contributed by atoms with van der Waals surface area (Å²) in [5.41, 5.74) is 11.6. The normalized spacial score (nSPS) is 20.5. The first kappa shape index (κ1) is 20.8. The lowest BCUT2D eigenvalue weighted by molar-refractivity contribution is 0.410. The first-order valence-corrected chi connectivity index (χ1v) is 12.2. The van der Waals surface area contributed by atoms with Crippen molar-refractivity contribution in [3.63, 3.8) is 0 Å². The zero-order valence-electron chi connectivity index (χ0n) is 20.1. The minimum absolute atomic E-state index is 0.182. The number of aryl methyl sites for hydroxylation is 2. The van der Waals surface area contributed by atoms with E-state index in [9.17, 15) is 0 Å². The van der Waals surface area contributed by atoms with Gasteiger partial charge in [-0.2, -0.15) is 0 Å². The molecule has 6 rings (SSSR count). The summed E-state index contributed by atoms with van der Waals surface area (Å²) in [6, 6.07) is 33.3. The van der Waals surface area contributed by atoms with Crippen molar-refractivity contribution < 1.29 is 0 Å². The number of allylic oxidation sites excluding steroid dienone is 1. The summed E-state index contributed by atoms with van der Waals surface area (Å²) >= 11 is 0. The second-order valence-corrected chi connectivity index (χ2v) is 9.64. The number of fused-ring (bicyclic) bond motifs is 5. The van der Waals surface area contributed by atoms with E-state index in [1.54, 1.807) is 0 Å². The lowest BCUT2D eigenvalue weighted by Gasteiger charge is -2.45. The molecule has 2 heterocycles. The molecule has 0 saturated carbocycles. The van der Waals surface area contributed by atoms with Crippen LogP contribution in [0.4, 0.5) is 22.7 Å². The van der Waals surface area contributed by atoms with Gasteiger partial charge in [0.15, 0.2) is 0 Å². The van der Waals surface area contributed by atoms with E-state index in [-0.39, 0.29) is 6.17 Å². The van der Waals surface area contributed by atoms with Crippen molar-refractivity contribution in [1.29, 1.82) is 0 Å². The Balaban J connectivity index is 1.63. The van der Waals surface area contributed by atoms with Crippen LogP contribution in [-0.2, 0) is 0 Å². The predicted octanol–water partition coefficient (Wildman–Crippen LogP) is 8.51. The van der Waals surface area contributed by atoms with Crippen molar-refractivity contribution >= 4 is 22.7 Å². The van der Waals surface area contributed by atoms with Crippen LogP contribution in [0.5, 0.6) is 0 Å². The van der Waals surface area contributed by atoms with Crippen LogP contribution in [0.25, 0.3) is 11.1 Å². The summed E-state index contributed by atoms with van der Waals surface area (Å²) in [5, 5.41) is 0. The summed E-state index contributed by atoms with van der Waals surface area (Å²) in [6.07, 6.45) is 2.32. The maximum Gasteiger partial charge on any atom is 0.115 e. The molecule has 0 aliphatic carbocycles. The average molecular weight is 443 g/mol. The molecular weight excluding hydrogens is 412 g/mol. The Kier molecular flexibility index (Phi) is 4.84. The molecule has 0 spiro atoms. The number of nitrogens with zero attached hydrogens (tertiary/aromatic N) is 2. The molecule has 4 aromatic rings. The molecule has 4 aromatic carbocycles. The highest BCUT2D eigenvalue weighted by atomic mass is 15.4. The second-order valence-electron chi connectivity index (χ2n) is 9.64.